The zero-order chi connectivity index (χ0) is 18.5. The quantitative estimate of drug-likeness (QED) is 0.888. The first-order valence-corrected chi connectivity index (χ1v) is 9.11. The Hall–Kier alpha value is -2.63. The summed E-state index contributed by atoms with van der Waals surface area (Å²) in [5.74, 6) is 1.18. The first-order chi connectivity index (χ1) is 12.4. The minimum Gasteiger partial charge on any atom is -0.465 e. The maximum atomic E-state index is 12.6. The number of aromatic nitrogens is 2. The van der Waals surface area contributed by atoms with Gasteiger partial charge in [0.15, 0.2) is 0 Å². The lowest BCUT2D eigenvalue weighted by atomic mass is 9.90. The first-order valence-electron chi connectivity index (χ1n) is 9.11. The number of benzene rings is 1. The van der Waals surface area contributed by atoms with Gasteiger partial charge < -0.3 is 15.0 Å². The number of hydrogen-bond acceptors (Lipinski definition) is 3. The van der Waals surface area contributed by atoms with Crippen LogP contribution in [0, 0.1) is 0 Å². The predicted octanol–water partition coefficient (Wildman–Crippen LogP) is 3.01. The second-order valence-electron chi connectivity index (χ2n) is 7.66. The number of aromatic amines is 1. The SMILES string of the molecule is CC(C)c1cccc(C2(c3nc4c(c(=O)[nH]3)CN(C(=O)O)CC4)CC2)c1. The van der Waals surface area contributed by atoms with E-state index in [1.807, 2.05) is 0 Å². The molecule has 0 radical (unpaired) electrons. The van der Waals surface area contributed by atoms with Crippen molar-refractivity contribution >= 4 is 6.09 Å². The minimum atomic E-state index is -0.997. The maximum Gasteiger partial charge on any atom is 0.407 e. The molecule has 1 fully saturated rings. The molecule has 1 saturated carbocycles. The van der Waals surface area contributed by atoms with Gasteiger partial charge in [-0.25, -0.2) is 9.78 Å². The van der Waals surface area contributed by atoms with Crippen LogP contribution in [0.5, 0.6) is 0 Å². The lowest BCUT2D eigenvalue weighted by Gasteiger charge is -2.26. The van der Waals surface area contributed by atoms with Crippen LogP contribution in [0.3, 0.4) is 0 Å². The van der Waals surface area contributed by atoms with Crippen LogP contribution in [0.15, 0.2) is 29.1 Å². The van der Waals surface area contributed by atoms with E-state index in [0.717, 1.165) is 24.4 Å². The molecule has 1 amide bonds. The highest BCUT2D eigenvalue weighted by Gasteiger charge is 2.49. The molecule has 0 saturated heterocycles. The van der Waals surface area contributed by atoms with Crippen LogP contribution in [0.4, 0.5) is 4.79 Å². The van der Waals surface area contributed by atoms with Crippen LogP contribution in [0.25, 0.3) is 0 Å². The Balaban J connectivity index is 1.73. The molecule has 1 aromatic heterocycles. The molecule has 0 bridgehead atoms. The monoisotopic (exact) mass is 353 g/mol. The van der Waals surface area contributed by atoms with Crippen molar-refractivity contribution in [3.05, 3.63) is 62.8 Å². The van der Waals surface area contributed by atoms with Gasteiger partial charge in [-0.3, -0.25) is 4.79 Å². The third kappa shape index (κ3) is 2.69. The second-order valence-corrected chi connectivity index (χ2v) is 7.66. The van der Waals surface area contributed by atoms with Gasteiger partial charge in [0.05, 0.1) is 23.2 Å². The second kappa shape index (κ2) is 5.97. The molecule has 2 aromatic rings. The number of hydrogen-bond donors (Lipinski definition) is 2. The summed E-state index contributed by atoms with van der Waals surface area (Å²) in [5, 5.41) is 9.16. The van der Waals surface area contributed by atoms with E-state index in [1.165, 1.54) is 16.0 Å². The highest BCUT2D eigenvalue weighted by atomic mass is 16.4. The van der Waals surface area contributed by atoms with Gasteiger partial charge in [-0.2, -0.15) is 0 Å². The van der Waals surface area contributed by atoms with Crippen molar-refractivity contribution in [3.63, 3.8) is 0 Å². The third-order valence-corrected chi connectivity index (χ3v) is 5.65. The summed E-state index contributed by atoms with van der Waals surface area (Å²) in [7, 11) is 0. The molecule has 2 N–H and O–H groups in total. The summed E-state index contributed by atoms with van der Waals surface area (Å²) in [6.45, 7) is 4.84. The van der Waals surface area contributed by atoms with Gasteiger partial charge in [0.2, 0.25) is 0 Å². The maximum absolute atomic E-state index is 12.6. The molecule has 4 rings (SSSR count). The average molecular weight is 353 g/mol. The first kappa shape index (κ1) is 16.8. The number of carbonyl (C=O) groups is 1. The third-order valence-electron chi connectivity index (χ3n) is 5.65. The number of carboxylic acid groups (broad SMARTS) is 1. The van der Waals surface area contributed by atoms with Crippen LogP contribution in [0.2, 0.25) is 0 Å². The molecular weight excluding hydrogens is 330 g/mol. The average Bonchev–Trinajstić information content (AvgIpc) is 3.43. The van der Waals surface area contributed by atoms with Gasteiger partial charge in [-0.05, 0) is 29.9 Å². The summed E-state index contributed by atoms with van der Waals surface area (Å²) in [6.07, 6.45) is 1.43. The van der Waals surface area contributed by atoms with Gasteiger partial charge in [0, 0.05) is 13.0 Å². The molecule has 6 heteroatoms. The topological polar surface area (TPSA) is 86.3 Å². The minimum absolute atomic E-state index is 0.114. The highest BCUT2D eigenvalue weighted by molar-refractivity contribution is 5.65. The van der Waals surface area contributed by atoms with Crippen LogP contribution >= 0.6 is 0 Å². The van der Waals surface area contributed by atoms with E-state index in [9.17, 15) is 9.59 Å². The standard InChI is InChI=1S/C20H23N3O3/c1-12(2)13-4-3-5-14(10-13)20(7-8-20)18-21-16-6-9-23(19(25)26)11-15(16)17(24)22-18/h3-5,10,12H,6-9,11H2,1-2H3,(H,25,26)(H,21,22,24). The number of H-pyrrole nitrogens is 1. The summed E-state index contributed by atoms with van der Waals surface area (Å²) in [4.78, 5) is 32.8. The Bertz CT molecular complexity index is 928. The highest BCUT2D eigenvalue weighted by Crippen LogP contribution is 2.52. The summed E-state index contributed by atoms with van der Waals surface area (Å²) in [6, 6.07) is 8.55. The number of amides is 1. The Kier molecular flexibility index (Phi) is 3.86. The van der Waals surface area contributed by atoms with Crippen LogP contribution < -0.4 is 5.56 Å². The predicted molar refractivity (Wildman–Crippen MR) is 97.5 cm³/mol. The zero-order valence-electron chi connectivity index (χ0n) is 15.1. The molecule has 0 unspecified atom stereocenters. The molecule has 1 aliphatic carbocycles. The van der Waals surface area contributed by atoms with Crippen LogP contribution in [-0.2, 0) is 18.4 Å². The molecule has 1 aliphatic heterocycles. The Morgan fingerprint density at radius 2 is 2.12 bits per heavy atom. The fraction of sp³-hybridized carbons (Fsp3) is 0.450. The van der Waals surface area contributed by atoms with Crippen molar-refractivity contribution in [1.82, 2.24) is 14.9 Å². The number of rotatable bonds is 3. The molecule has 0 spiro atoms. The lowest BCUT2D eigenvalue weighted by molar-refractivity contribution is 0.139. The molecular formula is C20H23N3O3. The van der Waals surface area contributed by atoms with E-state index >= 15 is 0 Å². The Morgan fingerprint density at radius 1 is 1.35 bits per heavy atom. The van der Waals surface area contributed by atoms with Gasteiger partial charge in [0.25, 0.3) is 5.56 Å². The van der Waals surface area contributed by atoms with E-state index < -0.39 is 6.09 Å². The molecule has 6 nitrogen and oxygen atoms in total. The number of nitrogens with zero attached hydrogens (tertiary/aromatic N) is 2. The van der Waals surface area contributed by atoms with E-state index in [-0.39, 0.29) is 17.5 Å². The van der Waals surface area contributed by atoms with Crippen molar-refractivity contribution in [1.29, 1.82) is 0 Å². The van der Waals surface area contributed by atoms with Crippen LogP contribution in [-0.4, -0.2) is 32.6 Å². The van der Waals surface area contributed by atoms with E-state index in [1.54, 1.807) is 0 Å². The van der Waals surface area contributed by atoms with Crippen molar-refractivity contribution in [2.24, 2.45) is 0 Å². The van der Waals surface area contributed by atoms with E-state index in [4.69, 9.17) is 10.1 Å². The molecule has 26 heavy (non-hydrogen) atoms. The normalized spacial score (nSPS) is 17.9. The van der Waals surface area contributed by atoms with Crippen molar-refractivity contribution in [2.45, 2.75) is 51.0 Å². The van der Waals surface area contributed by atoms with Crippen LogP contribution in [0.1, 0.15) is 60.8 Å². The number of nitrogens with one attached hydrogen (secondary N) is 1. The molecule has 2 heterocycles. The summed E-state index contributed by atoms with van der Waals surface area (Å²) >= 11 is 0. The zero-order valence-corrected chi connectivity index (χ0v) is 15.1. The summed E-state index contributed by atoms with van der Waals surface area (Å²) in [5.41, 5.74) is 3.30. The van der Waals surface area contributed by atoms with Crippen molar-refractivity contribution in [3.8, 4) is 0 Å². The smallest absolute Gasteiger partial charge is 0.407 e. The van der Waals surface area contributed by atoms with Crippen molar-refractivity contribution in [2.75, 3.05) is 6.54 Å². The number of fused-ring (bicyclic) bond motifs is 1. The van der Waals surface area contributed by atoms with Gasteiger partial charge >= 0.3 is 6.09 Å². The summed E-state index contributed by atoms with van der Waals surface area (Å²) < 4.78 is 0. The Morgan fingerprint density at radius 3 is 2.77 bits per heavy atom. The molecule has 136 valence electrons. The van der Waals surface area contributed by atoms with Gasteiger partial charge in [-0.15, -0.1) is 0 Å². The molecule has 0 atom stereocenters. The van der Waals surface area contributed by atoms with E-state index in [2.05, 4.69) is 43.1 Å². The Labute approximate surface area is 151 Å². The molecule has 1 aromatic carbocycles. The lowest BCUT2D eigenvalue weighted by Crippen LogP contribution is -2.39. The fourth-order valence-electron chi connectivity index (χ4n) is 3.80. The largest absolute Gasteiger partial charge is 0.465 e. The van der Waals surface area contributed by atoms with E-state index in [0.29, 0.717) is 24.4 Å². The van der Waals surface area contributed by atoms with Crippen molar-refractivity contribution < 1.29 is 9.90 Å². The van der Waals surface area contributed by atoms with Gasteiger partial charge in [0.1, 0.15) is 5.82 Å². The fourth-order valence-corrected chi connectivity index (χ4v) is 3.80. The molecule has 2 aliphatic rings. The van der Waals surface area contributed by atoms with Gasteiger partial charge in [-0.1, -0.05) is 38.1 Å².